The number of fused-ring (bicyclic) bond motifs is 1. The Hall–Kier alpha value is -1.04. The lowest BCUT2D eigenvalue weighted by Crippen LogP contribution is -1.94. The van der Waals surface area contributed by atoms with Crippen LogP contribution in [0.2, 0.25) is 0 Å². The molecule has 6 heteroatoms. The van der Waals surface area contributed by atoms with Gasteiger partial charge in [-0.05, 0) is 22.0 Å². The highest BCUT2D eigenvalue weighted by Crippen LogP contribution is 2.18. The maximum absolute atomic E-state index is 12.2. The number of imidazole rings is 1. The van der Waals surface area contributed by atoms with Gasteiger partial charge in [0, 0.05) is 6.20 Å². The summed E-state index contributed by atoms with van der Waals surface area (Å²) in [6.07, 6.45) is 0.457. The van der Waals surface area contributed by atoms with Crippen molar-refractivity contribution in [3.05, 3.63) is 28.8 Å². The lowest BCUT2D eigenvalue weighted by Gasteiger charge is -1.98. The van der Waals surface area contributed by atoms with Gasteiger partial charge in [-0.25, -0.2) is 18.7 Å². The molecule has 3 nitrogen and oxygen atoms in total. The van der Waals surface area contributed by atoms with Gasteiger partial charge in [0.15, 0.2) is 0 Å². The van der Waals surface area contributed by atoms with Crippen molar-refractivity contribution in [1.82, 2.24) is 14.4 Å². The Morgan fingerprint density at radius 3 is 2.92 bits per heavy atom. The lowest BCUT2D eigenvalue weighted by atomic mass is 10.4. The quantitative estimate of drug-likeness (QED) is 0.775. The molecule has 0 fully saturated rings. The summed E-state index contributed by atoms with van der Waals surface area (Å²) >= 11 is 3.20. The highest BCUT2D eigenvalue weighted by molar-refractivity contribution is 9.10. The molecule has 0 aliphatic carbocycles. The second-order valence-electron chi connectivity index (χ2n) is 2.40. The van der Waals surface area contributed by atoms with Crippen LogP contribution in [0.15, 0.2) is 23.1 Å². The van der Waals surface area contributed by atoms with Crippen molar-refractivity contribution in [3.63, 3.8) is 0 Å². The van der Waals surface area contributed by atoms with Gasteiger partial charge in [0.1, 0.15) is 10.3 Å². The summed E-state index contributed by atoms with van der Waals surface area (Å²) in [5.41, 5.74) is -0.259. The highest BCUT2D eigenvalue weighted by atomic mass is 79.9. The second kappa shape index (κ2) is 3.02. The van der Waals surface area contributed by atoms with Crippen LogP contribution in [0.3, 0.4) is 0 Å². The molecule has 0 atom stereocenters. The number of halogens is 3. The van der Waals surface area contributed by atoms with Crippen LogP contribution in [0.25, 0.3) is 5.78 Å². The summed E-state index contributed by atoms with van der Waals surface area (Å²) in [4.78, 5) is 7.50. The molecule has 0 unspecified atom stereocenters. The van der Waals surface area contributed by atoms with E-state index in [0.29, 0.717) is 4.60 Å². The second-order valence-corrected chi connectivity index (χ2v) is 3.22. The maximum atomic E-state index is 12.2. The summed E-state index contributed by atoms with van der Waals surface area (Å²) in [6.45, 7) is 0. The first-order chi connectivity index (χ1) is 6.18. The fraction of sp³-hybridized carbons (Fsp3) is 0.143. The molecule has 68 valence electrons. The Bertz CT molecular complexity index is 440. The van der Waals surface area contributed by atoms with E-state index < -0.39 is 6.43 Å². The molecule has 0 aliphatic heterocycles. The van der Waals surface area contributed by atoms with Crippen molar-refractivity contribution >= 4 is 21.7 Å². The normalized spacial score (nSPS) is 11.4. The Labute approximate surface area is 80.6 Å². The smallest absolute Gasteiger partial charge is 0.278 e. The summed E-state index contributed by atoms with van der Waals surface area (Å²) in [5.74, 6) is 0.268. The molecule has 2 aromatic heterocycles. The minimum atomic E-state index is -2.56. The van der Waals surface area contributed by atoms with E-state index >= 15 is 0 Å². The Morgan fingerprint density at radius 1 is 1.46 bits per heavy atom. The molecule has 13 heavy (non-hydrogen) atoms. The SMILES string of the molecule is FC(F)c1ccn2c(Br)cnc2n1. The van der Waals surface area contributed by atoms with Gasteiger partial charge < -0.3 is 0 Å². The van der Waals surface area contributed by atoms with Crippen molar-refractivity contribution in [1.29, 1.82) is 0 Å². The van der Waals surface area contributed by atoms with Crippen LogP contribution in [0.1, 0.15) is 12.1 Å². The molecule has 0 spiro atoms. The molecular weight excluding hydrogens is 244 g/mol. The predicted octanol–water partition coefficient (Wildman–Crippen LogP) is 2.43. The van der Waals surface area contributed by atoms with Gasteiger partial charge in [-0.15, -0.1) is 0 Å². The van der Waals surface area contributed by atoms with Crippen LogP contribution in [0, 0.1) is 0 Å². The van der Waals surface area contributed by atoms with E-state index in [1.807, 2.05) is 0 Å². The Balaban J connectivity index is 2.63. The molecule has 2 aromatic rings. The number of nitrogens with zero attached hydrogens (tertiary/aromatic N) is 3. The molecule has 0 aromatic carbocycles. The van der Waals surface area contributed by atoms with Crippen molar-refractivity contribution in [3.8, 4) is 0 Å². The summed E-state index contributed by atoms with van der Waals surface area (Å²) in [6, 6.07) is 1.27. The zero-order valence-corrected chi connectivity index (χ0v) is 7.87. The van der Waals surface area contributed by atoms with E-state index in [2.05, 4.69) is 25.9 Å². The van der Waals surface area contributed by atoms with E-state index in [-0.39, 0.29) is 11.5 Å². The van der Waals surface area contributed by atoms with Crippen molar-refractivity contribution < 1.29 is 8.78 Å². The minimum absolute atomic E-state index is 0.259. The fourth-order valence-corrected chi connectivity index (χ4v) is 1.36. The largest absolute Gasteiger partial charge is 0.280 e. The molecule has 0 saturated heterocycles. The van der Waals surface area contributed by atoms with Crippen LogP contribution < -0.4 is 0 Å². The Morgan fingerprint density at radius 2 is 2.23 bits per heavy atom. The zero-order chi connectivity index (χ0) is 9.42. The molecule has 0 radical (unpaired) electrons. The molecule has 0 amide bonds. The number of alkyl halides is 2. The third kappa shape index (κ3) is 1.41. The predicted molar refractivity (Wildman–Crippen MR) is 45.6 cm³/mol. The monoisotopic (exact) mass is 247 g/mol. The van der Waals surface area contributed by atoms with Gasteiger partial charge in [-0.2, -0.15) is 0 Å². The topological polar surface area (TPSA) is 30.2 Å². The van der Waals surface area contributed by atoms with E-state index in [1.54, 1.807) is 4.40 Å². The van der Waals surface area contributed by atoms with Crippen molar-refractivity contribution in [2.75, 3.05) is 0 Å². The summed E-state index contributed by atoms with van der Waals surface area (Å²) in [5, 5.41) is 0. The van der Waals surface area contributed by atoms with Gasteiger partial charge in [0.2, 0.25) is 5.78 Å². The third-order valence-corrected chi connectivity index (χ3v) is 2.17. The maximum Gasteiger partial charge on any atom is 0.280 e. The van der Waals surface area contributed by atoms with Gasteiger partial charge >= 0.3 is 0 Å². The number of hydrogen-bond donors (Lipinski definition) is 0. The Kier molecular flexibility index (Phi) is 1.99. The van der Waals surface area contributed by atoms with Gasteiger partial charge in [0.25, 0.3) is 6.43 Å². The molecule has 0 N–H and O–H groups in total. The molecule has 0 saturated carbocycles. The van der Waals surface area contributed by atoms with E-state index in [4.69, 9.17) is 0 Å². The van der Waals surface area contributed by atoms with E-state index in [1.165, 1.54) is 18.5 Å². The summed E-state index contributed by atoms with van der Waals surface area (Å²) < 4.78 is 26.6. The van der Waals surface area contributed by atoms with Crippen LogP contribution >= 0.6 is 15.9 Å². The molecular formula is C7H4BrF2N3. The molecule has 0 aliphatic rings. The minimum Gasteiger partial charge on any atom is -0.278 e. The van der Waals surface area contributed by atoms with Gasteiger partial charge in [-0.3, -0.25) is 4.40 Å². The highest BCUT2D eigenvalue weighted by Gasteiger charge is 2.10. The third-order valence-electron chi connectivity index (χ3n) is 1.58. The van der Waals surface area contributed by atoms with E-state index in [0.717, 1.165) is 0 Å². The summed E-state index contributed by atoms with van der Waals surface area (Å²) in [7, 11) is 0. The van der Waals surface area contributed by atoms with Gasteiger partial charge in [-0.1, -0.05) is 0 Å². The average molecular weight is 248 g/mol. The number of rotatable bonds is 1. The van der Waals surface area contributed by atoms with Crippen molar-refractivity contribution in [2.45, 2.75) is 6.43 Å². The fourth-order valence-electron chi connectivity index (χ4n) is 0.977. The number of aromatic nitrogens is 3. The number of hydrogen-bond acceptors (Lipinski definition) is 2. The molecule has 0 bridgehead atoms. The first-order valence-electron chi connectivity index (χ1n) is 3.46. The first kappa shape index (κ1) is 8.55. The van der Waals surface area contributed by atoms with Crippen LogP contribution in [0.4, 0.5) is 8.78 Å². The van der Waals surface area contributed by atoms with Crippen LogP contribution in [-0.2, 0) is 0 Å². The average Bonchev–Trinajstić information content (AvgIpc) is 2.47. The van der Waals surface area contributed by atoms with Gasteiger partial charge in [0.05, 0.1) is 6.20 Å². The lowest BCUT2D eigenvalue weighted by molar-refractivity contribution is 0.146. The first-order valence-corrected chi connectivity index (χ1v) is 4.25. The molecule has 2 rings (SSSR count). The van der Waals surface area contributed by atoms with Crippen LogP contribution in [0.5, 0.6) is 0 Å². The van der Waals surface area contributed by atoms with E-state index in [9.17, 15) is 8.78 Å². The standard InChI is InChI=1S/C7H4BrF2N3/c8-5-3-11-7-12-4(6(9)10)1-2-13(5)7/h1-3,6H. The zero-order valence-electron chi connectivity index (χ0n) is 6.28. The van der Waals surface area contributed by atoms with Crippen LogP contribution in [-0.4, -0.2) is 14.4 Å². The molecule has 2 heterocycles. The van der Waals surface area contributed by atoms with Crippen molar-refractivity contribution in [2.24, 2.45) is 0 Å².